The molecular weight excluding hydrogens is 196 g/mol. The van der Waals surface area contributed by atoms with Crippen LogP contribution in [0.15, 0.2) is 36.7 Å². The van der Waals surface area contributed by atoms with E-state index in [0.29, 0.717) is 11.8 Å². The first kappa shape index (κ1) is 11.1. The van der Waals surface area contributed by atoms with Crippen LogP contribution in [0.25, 0.3) is 10.8 Å². The van der Waals surface area contributed by atoms with Crippen LogP contribution in [-0.2, 0) is 0 Å². The molecule has 16 heavy (non-hydrogen) atoms. The van der Waals surface area contributed by atoms with E-state index in [0.717, 1.165) is 6.54 Å². The molecule has 2 aromatic rings. The second-order valence-corrected chi connectivity index (χ2v) is 4.45. The van der Waals surface area contributed by atoms with Gasteiger partial charge in [-0.25, -0.2) is 0 Å². The molecule has 0 aliphatic rings. The SMILES string of the molecule is CC(CN)C(C)c1cccc2cnccc12. The summed E-state index contributed by atoms with van der Waals surface area (Å²) in [6.07, 6.45) is 3.77. The summed E-state index contributed by atoms with van der Waals surface area (Å²) in [7, 11) is 0. The number of hydrogen-bond acceptors (Lipinski definition) is 2. The Morgan fingerprint density at radius 2 is 2.06 bits per heavy atom. The molecule has 0 saturated carbocycles. The topological polar surface area (TPSA) is 38.9 Å². The van der Waals surface area contributed by atoms with Crippen molar-refractivity contribution in [3.8, 4) is 0 Å². The number of benzene rings is 1. The van der Waals surface area contributed by atoms with Crippen LogP contribution in [-0.4, -0.2) is 11.5 Å². The molecule has 2 rings (SSSR count). The van der Waals surface area contributed by atoms with Crippen molar-refractivity contribution in [1.29, 1.82) is 0 Å². The Balaban J connectivity index is 2.52. The smallest absolute Gasteiger partial charge is 0.0346 e. The maximum Gasteiger partial charge on any atom is 0.0346 e. The number of nitrogens with zero attached hydrogens (tertiary/aromatic N) is 1. The van der Waals surface area contributed by atoms with Crippen LogP contribution in [0.5, 0.6) is 0 Å². The van der Waals surface area contributed by atoms with Gasteiger partial charge in [0.15, 0.2) is 0 Å². The van der Waals surface area contributed by atoms with E-state index in [1.54, 1.807) is 0 Å². The van der Waals surface area contributed by atoms with Gasteiger partial charge in [0.25, 0.3) is 0 Å². The van der Waals surface area contributed by atoms with Crippen LogP contribution in [0.1, 0.15) is 25.3 Å². The lowest BCUT2D eigenvalue weighted by atomic mass is 9.86. The summed E-state index contributed by atoms with van der Waals surface area (Å²) in [5, 5.41) is 2.50. The third-order valence-electron chi connectivity index (χ3n) is 3.43. The average molecular weight is 214 g/mol. The molecule has 0 aliphatic carbocycles. The lowest BCUT2D eigenvalue weighted by Crippen LogP contribution is -2.17. The van der Waals surface area contributed by atoms with Gasteiger partial charge in [-0.3, -0.25) is 4.98 Å². The van der Waals surface area contributed by atoms with Crippen molar-refractivity contribution in [2.45, 2.75) is 19.8 Å². The molecule has 2 heteroatoms. The van der Waals surface area contributed by atoms with E-state index in [9.17, 15) is 0 Å². The average Bonchev–Trinajstić information content (AvgIpc) is 2.36. The van der Waals surface area contributed by atoms with E-state index in [1.807, 2.05) is 12.4 Å². The molecular formula is C14H18N2. The fraction of sp³-hybridized carbons (Fsp3) is 0.357. The lowest BCUT2D eigenvalue weighted by molar-refractivity contribution is 0.501. The quantitative estimate of drug-likeness (QED) is 0.853. The largest absolute Gasteiger partial charge is 0.330 e. The maximum absolute atomic E-state index is 5.74. The summed E-state index contributed by atoms with van der Waals surface area (Å²) in [6.45, 7) is 5.17. The van der Waals surface area contributed by atoms with Gasteiger partial charge in [-0.2, -0.15) is 0 Å². The van der Waals surface area contributed by atoms with Crippen molar-refractivity contribution in [2.24, 2.45) is 11.7 Å². The number of nitrogens with two attached hydrogens (primary N) is 1. The number of pyridine rings is 1. The summed E-state index contributed by atoms with van der Waals surface area (Å²) in [5.74, 6) is 0.981. The molecule has 0 spiro atoms. The van der Waals surface area contributed by atoms with Crippen molar-refractivity contribution >= 4 is 10.8 Å². The molecule has 0 bridgehead atoms. The normalized spacial score (nSPS) is 14.9. The summed E-state index contributed by atoms with van der Waals surface area (Å²) in [5.41, 5.74) is 7.12. The standard InChI is InChI=1S/C14H18N2/c1-10(8-15)11(2)13-5-3-4-12-9-16-7-6-14(12)13/h3-7,9-11H,8,15H2,1-2H3. The highest BCUT2D eigenvalue weighted by molar-refractivity contribution is 5.85. The van der Waals surface area contributed by atoms with Crippen LogP contribution in [0.2, 0.25) is 0 Å². The maximum atomic E-state index is 5.74. The van der Waals surface area contributed by atoms with Gasteiger partial charge in [-0.1, -0.05) is 32.0 Å². The van der Waals surface area contributed by atoms with Gasteiger partial charge in [-0.05, 0) is 35.4 Å². The first-order valence-electron chi connectivity index (χ1n) is 5.76. The highest BCUT2D eigenvalue weighted by atomic mass is 14.6. The summed E-state index contributed by atoms with van der Waals surface area (Å²) in [6, 6.07) is 8.48. The van der Waals surface area contributed by atoms with Gasteiger partial charge in [0.1, 0.15) is 0 Å². The molecule has 2 atom stereocenters. The van der Waals surface area contributed by atoms with Crippen molar-refractivity contribution in [3.63, 3.8) is 0 Å². The lowest BCUT2D eigenvalue weighted by Gasteiger charge is -2.20. The van der Waals surface area contributed by atoms with Gasteiger partial charge in [0.2, 0.25) is 0 Å². The fourth-order valence-corrected chi connectivity index (χ4v) is 2.06. The summed E-state index contributed by atoms with van der Waals surface area (Å²) < 4.78 is 0. The van der Waals surface area contributed by atoms with E-state index in [1.165, 1.54) is 16.3 Å². The second-order valence-electron chi connectivity index (χ2n) is 4.45. The van der Waals surface area contributed by atoms with E-state index >= 15 is 0 Å². The van der Waals surface area contributed by atoms with E-state index in [-0.39, 0.29) is 0 Å². The summed E-state index contributed by atoms with van der Waals surface area (Å²) >= 11 is 0. The van der Waals surface area contributed by atoms with Crippen LogP contribution in [0.3, 0.4) is 0 Å². The molecule has 1 aromatic carbocycles. The van der Waals surface area contributed by atoms with Crippen molar-refractivity contribution in [2.75, 3.05) is 6.54 Å². The molecule has 0 fully saturated rings. The molecule has 1 heterocycles. The molecule has 84 valence electrons. The molecule has 0 amide bonds. The van der Waals surface area contributed by atoms with Gasteiger partial charge in [0, 0.05) is 17.8 Å². The number of rotatable bonds is 3. The van der Waals surface area contributed by atoms with E-state index in [4.69, 9.17) is 5.73 Å². The molecule has 1 aromatic heterocycles. The van der Waals surface area contributed by atoms with Crippen molar-refractivity contribution in [3.05, 3.63) is 42.2 Å². The third-order valence-corrected chi connectivity index (χ3v) is 3.43. The van der Waals surface area contributed by atoms with Gasteiger partial charge in [-0.15, -0.1) is 0 Å². The van der Waals surface area contributed by atoms with Crippen LogP contribution in [0, 0.1) is 5.92 Å². The Kier molecular flexibility index (Phi) is 3.20. The zero-order chi connectivity index (χ0) is 11.5. The first-order valence-corrected chi connectivity index (χ1v) is 5.76. The minimum Gasteiger partial charge on any atom is -0.330 e. The molecule has 0 saturated heterocycles. The Labute approximate surface area is 96.5 Å². The van der Waals surface area contributed by atoms with Crippen LogP contribution >= 0.6 is 0 Å². The first-order chi connectivity index (χ1) is 7.74. The third kappa shape index (κ3) is 1.93. The Morgan fingerprint density at radius 1 is 1.25 bits per heavy atom. The Hall–Kier alpha value is -1.41. The predicted molar refractivity (Wildman–Crippen MR) is 68.4 cm³/mol. The Morgan fingerprint density at radius 3 is 2.81 bits per heavy atom. The van der Waals surface area contributed by atoms with Gasteiger partial charge in [0.05, 0.1) is 0 Å². The van der Waals surface area contributed by atoms with Crippen molar-refractivity contribution < 1.29 is 0 Å². The fourth-order valence-electron chi connectivity index (χ4n) is 2.06. The zero-order valence-corrected chi connectivity index (χ0v) is 9.85. The minimum atomic E-state index is 0.483. The van der Waals surface area contributed by atoms with Crippen LogP contribution < -0.4 is 5.73 Å². The number of fused-ring (bicyclic) bond motifs is 1. The Bertz CT molecular complexity index is 474. The zero-order valence-electron chi connectivity index (χ0n) is 9.85. The monoisotopic (exact) mass is 214 g/mol. The molecule has 2 nitrogen and oxygen atoms in total. The van der Waals surface area contributed by atoms with E-state index in [2.05, 4.69) is 43.1 Å². The highest BCUT2D eigenvalue weighted by Crippen LogP contribution is 2.29. The van der Waals surface area contributed by atoms with Crippen molar-refractivity contribution in [1.82, 2.24) is 4.98 Å². The molecule has 2 unspecified atom stereocenters. The van der Waals surface area contributed by atoms with Gasteiger partial charge >= 0.3 is 0 Å². The highest BCUT2D eigenvalue weighted by Gasteiger charge is 2.14. The molecule has 0 radical (unpaired) electrons. The van der Waals surface area contributed by atoms with E-state index < -0.39 is 0 Å². The summed E-state index contributed by atoms with van der Waals surface area (Å²) in [4.78, 5) is 4.15. The molecule has 2 N–H and O–H groups in total. The predicted octanol–water partition coefficient (Wildman–Crippen LogP) is 2.93. The molecule has 0 aliphatic heterocycles. The number of aromatic nitrogens is 1. The second kappa shape index (κ2) is 4.62. The van der Waals surface area contributed by atoms with Crippen LogP contribution in [0.4, 0.5) is 0 Å². The number of hydrogen-bond donors (Lipinski definition) is 1. The van der Waals surface area contributed by atoms with Gasteiger partial charge < -0.3 is 5.73 Å². The minimum absolute atomic E-state index is 0.483.